The van der Waals surface area contributed by atoms with E-state index >= 15 is 0 Å². The van der Waals surface area contributed by atoms with E-state index in [4.69, 9.17) is 4.42 Å². The first-order valence-electron chi connectivity index (χ1n) is 8.80. The van der Waals surface area contributed by atoms with Crippen molar-refractivity contribution < 1.29 is 14.0 Å². The van der Waals surface area contributed by atoms with Gasteiger partial charge in [0.25, 0.3) is 11.9 Å². The molecule has 1 N–H and O–H groups in total. The number of nitrogens with one attached hydrogen (secondary N) is 1. The zero-order valence-electron chi connectivity index (χ0n) is 14.4. The van der Waals surface area contributed by atoms with Gasteiger partial charge in [-0.1, -0.05) is 6.92 Å². The van der Waals surface area contributed by atoms with Crippen molar-refractivity contribution in [3.8, 4) is 11.5 Å². The zero-order valence-corrected chi connectivity index (χ0v) is 14.4. The van der Waals surface area contributed by atoms with Crippen LogP contribution < -0.4 is 5.32 Å². The molecule has 4 rings (SSSR count). The number of nitrogens with zero attached hydrogens (tertiary/aromatic N) is 4. The summed E-state index contributed by atoms with van der Waals surface area (Å²) in [6.07, 6.45) is 5.20. The lowest BCUT2D eigenvalue weighted by Gasteiger charge is -2.15. The molecule has 0 bridgehead atoms. The monoisotopic (exact) mass is 353 g/mol. The molecular formula is C18H19N5O3. The van der Waals surface area contributed by atoms with E-state index in [0.717, 1.165) is 31.4 Å². The molecule has 1 fully saturated rings. The average molecular weight is 353 g/mol. The number of aliphatic imine (C=N–C) groups is 2. The van der Waals surface area contributed by atoms with Crippen LogP contribution in [0.2, 0.25) is 0 Å². The highest BCUT2D eigenvalue weighted by molar-refractivity contribution is 6.17. The number of hydrogen-bond donors (Lipinski definition) is 1. The summed E-state index contributed by atoms with van der Waals surface area (Å²) in [5, 5.41) is 7.28. The summed E-state index contributed by atoms with van der Waals surface area (Å²) in [5.74, 6) is 0.646. The lowest BCUT2D eigenvalue weighted by atomic mass is 10.1. The van der Waals surface area contributed by atoms with Crippen molar-refractivity contribution in [1.82, 2.24) is 9.78 Å². The van der Waals surface area contributed by atoms with Gasteiger partial charge in [0.15, 0.2) is 5.76 Å². The van der Waals surface area contributed by atoms with Gasteiger partial charge in [-0.15, -0.1) is 0 Å². The summed E-state index contributed by atoms with van der Waals surface area (Å²) in [5.41, 5.74) is 1.38. The molecule has 2 aliphatic rings. The highest BCUT2D eigenvalue weighted by Gasteiger charge is 2.33. The summed E-state index contributed by atoms with van der Waals surface area (Å²) in [6.45, 7) is 1.93. The van der Waals surface area contributed by atoms with Gasteiger partial charge < -0.3 is 9.73 Å². The van der Waals surface area contributed by atoms with Crippen molar-refractivity contribution in [2.24, 2.45) is 15.9 Å². The molecule has 2 amide bonds. The smallest absolute Gasteiger partial charge is 0.257 e. The van der Waals surface area contributed by atoms with Crippen LogP contribution in [0.4, 0.5) is 5.82 Å². The third-order valence-corrected chi connectivity index (χ3v) is 4.50. The molecule has 0 spiro atoms. The molecule has 3 heterocycles. The minimum absolute atomic E-state index is 0.131. The Morgan fingerprint density at radius 1 is 1.42 bits per heavy atom. The number of rotatable bonds is 4. The maximum Gasteiger partial charge on any atom is 0.257 e. The molecular weight excluding hydrogens is 334 g/mol. The van der Waals surface area contributed by atoms with E-state index in [9.17, 15) is 9.59 Å². The molecule has 0 saturated heterocycles. The molecule has 2 aromatic rings. The Hall–Kier alpha value is -3.03. The molecule has 0 aromatic carbocycles. The zero-order chi connectivity index (χ0) is 18.1. The highest BCUT2D eigenvalue weighted by Crippen LogP contribution is 2.28. The van der Waals surface area contributed by atoms with Crippen molar-refractivity contribution >= 4 is 29.3 Å². The maximum atomic E-state index is 12.3. The highest BCUT2D eigenvalue weighted by atomic mass is 16.3. The van der Waals surface area contributed by atoms with Gasteiger partial charge in [-0.05, 0) is 37.8 Å². The number of amides is 2. The van der Waals surface area contributed by atoms with Crippen LogP contribution in [0, 0.1) is 5.92 Å². The van der Waals surface area contributed by atoms with Gasteiger partial charge in [0.1, 0.15) is 11.5 Å². The first-order valence-corrected chi connectivity index (χ1v) is 8.80. The molecule has 1 aliphatic heterocycles. The van der Waals surface area contributed by atoms with Crippen molar-refractivity contribution in [3.63, 3.8) is 0 Å². The topological polar surface area (TPSA) is 102 Å². The summed E-state index contributed by atoms with van der Waals surface area (Å²) in [7, 11) is 0. The summed E-state index contributed by atoms with van der Waals surface area (Å²) < 4.78 is 6.79. The largest absolute Gasteiger partial charge is 0.463 e. The fourth-order valence-corrected chi connectivity index (χ4v) is 3.25. The second-order valence-electron chi connectivity index (χ2n) is 6.40. The Morgan fingerprint density at radius 2 is 2.31 bits per heavy atom. The van der Waals surface area contributed by atoms with Crippen LogP contribution in [0.15, 0.2) is 38.9 Å². The molecule has 1 saturated carbocycles. The van der Waals surface area contributed by atoms with Crippen molar-refractivity contribution in [1.29, 1.82) is 0 Å². The molecule has 1 atom stereocenters. The van der Waals surface area contributed by atoms with E-state index in [1.807, 2.05) is 6.92 Å². The van der Waals surface area contributed by atoms with E-state index in [1.54, 1.807) is 24.5 Å². The number of anilines is 1. The number of carbonyl (C=O) groups is 2. The van der Waals surface area contributed by atoms with E-state index in [-0.39, 0.29) is 23.7 Å². The molecule has 8 heteroatoms. The van der Waals surface area contributed by atoms with E-state index < -0.39 is 0 Å². The quantitative estimate of drug-likeness (QED) is 0.913. The molecule has 26 heavy (non-hydrogen) atoms. The van der Waals surface area contributed by atoms with Crippen LogP contribution in [-0.2, 0) is 9.59 Å². The number of fused-ring (bicyclic) bond motifs is 1. The van der Waals surface area contributed by atoms with Crippen molar-refractivity contribution in [2.75, 3.05) is 5.32 Å². The standard InChI is InChI=1S/C18H19N5O3/c1-2-5-16(24)20-15-10-13(14-8-4-9-26-14)22-23(15)18-19-12-7-3-6-11(12)17(25)21-18/h4,8-11H,2-3,5-7H2,1H3,(H,20,24). The van der Waals surface area contributed by atoms with Gasteiger partial charge in [-0.3, -0.25) is 9.59 Å². The lowest BCUT2D eigenvalue weighted by Crippen LogP contribution is -2.29. The summed E-state index contributed by atoms with van der Waals surface area (Å²) in [4.78, 5) is 33.0. The third-order valence-electron chi connectivity index (χ3n) is 4.50. The summed E-state index contributed by atoms with van der Waals surface area (Å²) >= 11 is 0. The van der Waals surface area contributed by atoms with Crippen LogP contribution in [0.5, 0.6) is 0 Å². The predicted molar refractivity (Wildman–Crippen MR) is 96.1 cm³/mol. The normalized spacial score (nSPS) is 19.1. The second kappa shape index (κ2) is 6.70. The second-order valence-corrected chi connectivity index (χ2v) is 6.40. The Kier molecular flexibility index (Phi) is 4.24. The first-order chi connectivity index (χ1) is 12.7. The Morgan fingerprint density at radius 3 is 3.08 bits per heavy atom. The average Bonchev–Trinajstić information content (AvgIpc) is 3.35. The molecule has 1 unspecified atom stereocenters. The van der Waals surface area contributed by atoms with Crippen LogP contribution in [0.3, 0.4) is 0 Å². The van der Waals surface area contributed by atoms with Gasteiger partial charge in [-0.25, -0.2) is 4.99 Å². The number of aromatic nitrogens is 2. The predicted octanol–water partition coefficient (Wildman–Crippen LogP) is 2.87. The fraction of sp³-hybridized carbons (Fsp3) is 0.389. The van der Waals surface area contributed by atoms with Gasteiger partial charge in [0.2, 0.25) is 5.91 Å². The fourth-order valence-electron chi connectivity index (χ4n) is 3.25. The van der Waals surface area contributed by atoms with Gasteiger partial charge in [0, 0.05) is 18.2 Å². The van der Waals surface area contributed by atoms with Gasteiger partial charge in [-0.2, -0.15) is 14.8 Å². The van der Waals surface area contributed by atoms with Crippen molar-refractivity contribution in [3.05, 3.63) is 24.5 Å². The Balaban J connectivity index is 1.74. The van der Waals surface area contributed by atoms with Crippen LogP contribution in [-0.4, -0.2) is 33.3 Å². The Labute approximate surface area is 150 Å². The lowest BCUT2D eigenvalue weighted by molar-refractivity contribution is -0.119. The maximum absolute atomic E-state index is 12.3. The molecule has 2 aromatic heterocycles. The molecule has 134 valence electrons. The summed E-state index contributed by atoms with van der Waals surface area (Å²) in [6, 6.07) is 5.23. The number of hydrogen-bond acceptors (Lipinski definition) is 5. The molecule has 1 aliphatic carbocycles. The molecule has 8 nitrogen and oxygen atoms in total. The number of carbonyl (C=O) groups excluding carboxylic acids is 2. The third kappa shape index (κ3) is 2.98. The van der Waals surface area contributed by atoms with Crippen LogP contribution in [0.25, 0.3) is 11.5 Å². The minimum atomic E-state index is -0.197. The molecule has 0 radical (unpaired) electrons. The minimum Gasteiger partial charge on any atom is -0.463 e. The van der Waals surface area contributed by atoms with Gasteiger partial charge >= 0.3 is 0 Å². The van der Waals surface area contributed by atoms with E-state index in [1.165, 1.54) is 4.68 Å². The van der Waals surface area contributed by atoms with Crippen LogP contribution in [0.1, 0.15) is 39.0 Å². The van der Waals surface area contributed by atoms with E-state index in [0.29, 0.717) is 23.7 Å². The first kappa shape index (κ1) is 16.4. The van der Waals surface area contributed by atoms with Crippen molar-refractivity contribution in [2.45, 2.75) is 39.0 Å². The Bertz CT molecular complexity index is 907. The van der Waals surface area contributed by atoms with E-state index in [2.05, 4.69) is 20.4 Å². The van der Waals surface area contributed by atoms with Gasteiger partial charge in [0.05, 0.1) is 12.2 Å². The number of furan rings is 1. The van der Waals surface area contributed by atoms with Crippen LogP contribution >= 0.6 is 0 Å². The SMILES string of the molecule is CCCC(=O)Nc1cc(-c2ccco2)nn1C1=NC(=O)C2CCCC2=N1.